The molecule has 18 rings (SSSR count). The van der Waals surface area contributed by atoms with Crippen molar-refractivity contribution in [3.8, 4) is 100 Å². The minimum Gasteiger partial charge on any atom is -0.354 e. The molecule has 0 saturated carbocycles. The number of para-hydroxylation sites is 3. The summed E-state index contributed by atoms with van der Waals surface area (Å²) in [6.45, 7) is 0. The highest BCUT2D eigenvalue weighted by molar-refractivity contribution is 7.21. The Labute approximate surface area is 585 Å². The zero-order valence-corrected chi connectivity index (χ0v) is 56.2. The zero-order chi connectivity index (χ0) is 66.4. The molecule has 0 bridgehead atoms. The van der Waals surface area contributed by atoms with Crippen LogP contribution in [0.25, 0.3) is 122 Å². The van der Waals surface area contributed by atoms with Gasteiger partial charge >= 0.3 is 0 Å². The predicted molar refractivity (Wildman–Crippen MR) is 426 cm³/mol. The lowest BCUT2D eigenvalue weighted by Crippen LogP contribution is -2.75. The Kier molecular flexibility index (Phi) is 15.4. The van der Waals surface area contributed by atoms with Crippen molar-refractivity contribution in [2.75, 3.05) is 4.90 Å². The predicted octanol–water partition coefficient (Wildman–Crippen LogP) is 23.1. The summed E-state index contributed by atoms with van der Waals surface area (Å²) >= 11 is 0. The van der Waals surface area contributed by atoms with E-state index in [2.05, 4.69) is 404 Å². The van der Waals surface area contributed by atoms with Crippen LogP contribution in [0.2, 0.25) is 0 Å². The molecule has 0 atom stereocenters. The Bertz CT molecular complexity index is 5730. The van der Waals surface area contributed by atoms with Crippen LogP contribution >= 0.6 is 0 Å². The lowest BCUT2D eigenvalue weighted by Gasteiger charge is -2.44. The molecule has 0 spiro atoms. The van der Waals surface area contributed by atoms with E-state index in [0.717, 1.165) is 122 Å². The van der Waals surface area contributed by atoms with Gasteiger partial charge in [0.1, 0.15) is 0 Å². The number of anilines is 3. The van der Waals surface area contributed by atoms with Crippen LogP contribution in [0.5, 0.6) is 0 Å². The number of fused-ring (bicyclic) bond motifs is 6. The molecule has 0 aliphatic heterocycles. The average molecular weight is 1290 g/mol. The van der Waals surface area contributed by atoms with Gasteiger partial charge in [-0.15, -0.1) is 0 Å². The van der Waals surface area contributed by atoms with Crippen LogP contribution < -0.4 is 25.6 Å². The van der Waals surface area contributed by atoms with E-state index in [9.17, 15) is 0 Å². The Morgan fingerprint density at radius 3 is 1.15 bits per heavy atom. The van der Waals surface area contributed by atoms with Gasteiger partial charge in [-0.25, -0.2) is 0 Å². The molecule has 1 heterocycles. The molecule has 0 saturated heterocycles. The number of rotatable bonds is 15. The van der Waals surface area contributed by atoms with E-state index in [1.165, 1.54) is 48.4 Å². The maximum atomic E-state index is 4.23. The minimum absolute atomic E-state index is 0.709. The second-order valence-electron chi connectivity index (χ2n) is 26.1. The molecule has 16 aromatic carbocycles. The maximum absolute atomic E-state index is 4.23. The number of H-pyrrole nitrogens is 1. The van der Waals surface area contributed by atoms with Gasteiger partial charge in [0.2, 0.25) is 0 Å². The average Bonchev–Trinajstić information content (AvgIpc) is 0.825. The number of aromatic amines is 1. The zero-order valence-electron chi connectivity index (χ0n) is 55.2. The van der Waals surface area contributed by atoms with Crippen LogP contribution in [0, 0.1) is 0 Å². The molecule has 17 aromatic rings. The first kappa shape index (κ1) is 59.8. The highest BCUT2D eigenvalue weighted by Gasteiger charge is 2.50. The fraction of sp³-hybridized carbons (Fsp3) is 0.0103. The number of hydrogen-bond donors (Lipinski definition) is 1. The van der Waals surface area contributed by atoms with Gasteiger partial charge in [-0.3, -0.25) is 0 Å². The normalized spacial score (nSPS) is 11.8. The summed E-state index contributed by atoms with van der Waals surface area (Å²) in [4.78, 5) is 7.03. The lowest BCUT2D eigenvalue weighted by molar-refractivity contribution is 1.20. The monoisotopic (exact) mass is 1290 g/mol. The standard InChI is InChI=1S/C97H68N2Si/c1-10-37-67(38-11-1)77-56-30-32-60-81(77)91-90(71-45-18-5-19-46-71)96(99(73-48-20-6-21-49-73)95-87-65-72-47-28-29-58-79(72)86(87)66-85(69-41-14-3-15-42-69)89(95)70-43-16-4-17-44-70)97(100(74-50-22-7-23-51-74,75-52-24-8-25-53-75)76-54-26-9-27-55-76)93(84-63-36-62-83-80-59-34-35-64-88(80)98-94(83)84)92(91)82-61-33-31-57-78(82)68-39-12-2-13-40-68/h1-64,66,98H,65H2. The Morgan fingerprint density at radius 2 is 0.630 bits per heavy atom. The SMILES string of the molecule is c1ccc(-c2ccccc2-c2c(-c3ccccc3-c3ccccc3)c(-c3cccc4c3[nH]c3ccccc34)c([Si](c3ccccc3)(c3ccccc3)c3ccccc3)c(N(c3ccccc3)c3c4c(cc(-c5ccccc5)c3-c3ccccc3)-c3ccccc3C4)c2-c2ccccc2)cc1. The highest BCUT2D eigenvalue weighted by Crippen LogP contribution is 2.60. The minimum atomic E-state index is -3.97. The largest absolute Gasteiger partial charge is 0.354 e. The third-order valence-corrected chi connectivity index (χ3v) is 25.4. The van der Waals surface area contributed by atoms with Crippen molar-refractivity contribution < 1.29 is 0 Å². The smallest absolute Gasteiger partial charge is 0.182 e. The fourth-order valence-electron chi connectivity index (χ4n) is 16.4. The Hall–Kier alpha value is -12.7. The van der Waals surface area contributed by atoms with Crippen molar-refractivity contribution in [3.63, 3.8) is 0 Å². The van der Waals surface area contributed by atoms with Crippen LogP contribution in [-0.4, -0.2) is 13.1 Å². The lowest BCUT2D eigenvalue weighted by atomic mass is 9.77. The van der Waals surface area contributed by atoms with E-state index in [-0.39, 0.29) is 0 Å². The second kappa shape index (κ2) is 25.7. The molecule has 0 radical (unpaired) electrons. The van der Waals surface area contributed by atoms with E-state index in [4.69, 9.17) is 0 Å². The quantitative estimate of drug-likeness (QED) is 0.0801. The molecule has 1 aliphatic rings. The van der Waals surface area contributed by atoms with E-state index >= 15 is 0 Å². The summed E-state index contributed by atoms with van der Waals surface area (Å²) in [5, 5.41) is 7.34. The molecular weight excluding hydrogens is 1220 g/mol. The van der Waals surface area contributed by atoms with Crippen LogP contribution in [0.3, 0.4) is 0 Å². The van der Waals surface area contributed by atoms with Gasteiger partial charge < -0.3 is 9.88 Å². The molecule has 0 unspecified atom stereocenters. The van der Waals surface area contributed by atoms with Crippen LogP contribution in [0.4, 0.5) is 17.1 Å². The van der Waals surface area contributed by atoms with Crippen LogP contribution in [0.15, 0.2) is 394 Å². The molecule has 100 heavy (non-hydrogen) atoms. The van der Waals surface area contributed by atoms with E-state index in [1.807, 2.05) is 0 Å². The van der Waals surface area contributed by atoms with Crippen molar-refractivity contribution in [1.29, 1.82) is 0 Å². The van der Waals surface area contributed by atoms with E-state index < -0.39 is 8.07 Å². The van der Waals surface area contributed by atoms with Crippen molar-refractivity contribution in [2.45, 2.75) is 6.42 Å². The van der Waals surface area contributed by atoms with Crippen molar-refractivity contribution >= 4 is 67.7 Å². The molecule has 0 fully saturated rings. The molecule has 1 aromatic heterocycles. The summed E-state index contributed by atoms with van der Waals surface area (Å²) < 4.78 is 0. The number of benzene rings is 16. The van der Waals surface area contributed by atoms with E-state index in [0.29, 0.717) is 6.42 Å². The Morgan fingerprint density at radius 1 is 0.250 bits per heavy atom. The summed E-state index contributed by atoms with van der Waals surface area (Å²) in [5.74, 6) is 0. The first-order valence-electron chi connectivity index (χ1n) is 34.7. The molecular formula is C97H68N2Si. The van der Waals surface area contributed by atoms with E-state index in [1.54, 1.807) is 0 Å². The maximum Gasteiger partial charge on any atom is 0.182 e. The number of nitrogens with one attached hydrogen (secondary N) is 1. The fourth-order valence-corrected chi connectivity index (χ4v) is 21.6. The molecule has 1 N–H and O–H groups in total. The third-order valence-electron chi connectivity index (χ3n) is 20.6. The Balaban J connectivity index is 1.22. The van der Waals surface area contributed by atoms with Crippen molar-refractivity contribution in [3.05, 3.63) is 405 Å². The molecule has 3 heteroatoms. The van der Waals surface area contributed by atoms with Gasteiger partial charge in [-0.2, -0.15) is 0 Å². The number of aromatic nitrogens is 1. The van der Waals surface area contributed by atoms with Gasteiger partial charge in [-0.1, -0.05) is 370 Å². The third kappa shape index (κ3) is 10.1. The summed E-state index contributed by atoms with van der Waals surface area (Å²) in [6.07, 6.45) is 0.709. The summed E-state index contributed by atoms with van der Waals surface area (Å²) in [5.41, 5.74) is 28.5. The number of hydrogen-bond acceptors (Lipinski definition) is 1. The van der Waals surface area contributed by atoms with Gasteiger partial charge in [0, 0.05) is 50.7 Å². The summed E-state index contributed by atoms with van der Waals surface area (Å²) in [6, 6.07) is 149. The van der Waals surface area contributed by atoms with Crippen molar-refractivity contribution in [1.82, 2.24) is 4.98 Å². The summed E-state index contributed by atoms with van der Waals surface area (Å²) in [7, 11) is -3.97. The van der Waals surface area contributed by atoms with Gasteiger partial charge in [-0.05, 0) is 134 Å². The number of nitrogens with zero attached hydrogens (tertiary/aromatic N) is 1. The molecule has 0 amide bonds. The second-order valence-corrected chi connectivity index (χ2v) is 29.8. The van der Waals surface area contributed by atoms with Gasteiger partial charge in [0.15, 0.2) is 8.07 Å². The highest BCUT2D eigenvalue weighted by atomic mass is 28.3. The van der Waals surface area contributed by atoms with Crippen molar-refractivity contribution in [2.24, 2.45) is 0 Å². The van der Waals surface area contributed by atoms with Gasteiger partial charge in [0.05, 0.1) is 16.9 Å². The molecule has 470 valence electrons. The van der Waals surface area contributed by atoms with Gasteiger partial charge in [0.25, 0.3) is 0 Å². The van der Waals surface area contributed by atoms with Crippen LogP contribution in [-0.2, 0) is 6.42 Å². The first-order valence-corrected chi connectivity index (χ1v) is 36.7. The van der Waals surface area contributed by atoms with Crippen LogP contribution in [0.1, 0.15) is 11.1 Å². The molecule has 1 aliphatic carbocycles. The molecule has 2 nitrogen and oxygen atoms in total. The topological polar surface area (TPSA) is 19.0 Å². The first-order chi connectivity index (χ1) is 49.7.